The number of carboxylic acids is 1. The standard InChI is InChI=1S/C19H20FN5O2/c20-15-5-3-12(4-6-15)16-9-22-23-17(16)13-2-1-7-25(10-13)11-14-8-21-24-18(14)19(26)27/h3-6,8-9,13H,1-2,7,10-11H2,(H,21,24)(H,22,23)(H,26,27). The van der Waals surface area contributed by atoms with Crippen LogP contribution in [0.2, 0.25) is 0 Å². The number of hydrogen-bond acceptors (Lipinski definition) is 4. The number of H-pyrrole nitrogens is 2. The zero-order valence-electron chi connectivity index (χ0n) is 14.7. The zero-order chi connectivity index (χ0) is 18.8. The Labute approximate surface area is 155 Å². The average molecular weight is 369 g/mol. The molecule has 0 aliphatic carbocycles. The Morgan fingerprint density at radius 2 is 2.00 bits per heavy atom. The number of hydrogen-bond donors (Lipinski definition) is 3. The summed E-state index contributed by atoms with van der Waals surface area (Å²) in [4.78, 5) is 13.5. The lowest BCUT2D eigenvalue weighted by molar-refractivity contribution is 0.0687. The summed E-state index contributed by atoms with van der Waals surface area (Å²) in [6.07, 6.45) is 5.38. The Bertz CT molecular complexity index is 934. The lowest BCUT2D eigenvalue weighted by atomic mass is 9.90. The highest BCUT2D eigenvalue weighted by Gasteiger charge is 2.26. The Balaban J connectivity index is 1.52. The molecule has 2 aromatic heterocycles. The van der Waals surface area contributed by atoms with Crippen LogP contribution in [0.4, 0.5) is 4.39 Å². The summed E-state index contributed by atoms with van der Waals surface area (Å²) in [6.45, 7) is 2.23. The maximum atomic E-state index is 13.2. The van der Waals surface area contributed by atoms with Crippen molar-refractivity contribution in [2.45, 2.75) is 25.3 Å². The second-order valence-corrected chi connectivity index (χ2v) is 6.85. The van der Waals surface area contributed by atoms with Crippen molar-refractivity contribution in [3.8, 4) is 11.1 Å². The molecule has 27 heavy (non-hydrogen) atoms. The number of likely N-dealkylation sites (tertiary alicyclic amines) is 1. The molecule has 0 bridgehead atoms. The Kier molecular flexibility index (Phi) is 4.72. The number of nitrogens with one attached hydrogen (secondary N) is 2. The van der Waals surface area contributed by atoms with Gasteiger partial charge in [0.2, 0.25) is 0 Å². The van der Waals surface area contributed by atoms with Crippen molar-refractivity contribution in [2.75, 3.05) is 13.1 Å². The van der Waals surface area contributed by atoms with Gasteiger partial charge in [0.15, 0.2) is 0 Å². The van der Waals surface area contributed by atoms with Gasteiger partial charge in [-0.2, -0.15) is 10.2 Å². The minimum absolute atomic E-state index is 0.144. The first kappa shape index (κ1) is 17.4. The van der Waals surface area contributed by atoms with Crippen LogP contribution in [0.1, 0.15) is 40.5 Å². The molecular formula is C19H20FN5O2. The van der Waals surface area contributed by atoms with Gasteiger partial charge in [-0.25, -0.2) is 9.18 Å². The van der Waals surface area contributed by atoms with E-state index in [1.165, 1.54) is 12.1 Å². The number of halogens is 1. The van der Waals surface area contributed by atoms with Crippen LogP contribution in [0.25, 0.3) is 11.1 Å². The lowest BCUT2D eigenvalue weighted by Crippen LogP contribution is -2.34. The first-order valence-electron chi connectivity index (χ1n) is 8.89. The number of nitrogens with zero attached hydrogens (tertiary/aromatic N) is 3. The maximum absolute atomic E-state index is 13.2. The van der Waals surface area contributed by atoms with Gasteiger partial charge in [0.1, 0.15) is 11.5 Å². The maximum Gasteiger partial charge on any atom is 0.354 e. The molecule has 1 unspecified atom stereocenters. The van der Waals surface area contributed by atoms with Crippen LogP contribution >= 0.6 is 0 Å². The van der Waals surface area contributed by atoms with Gasteiger partial charge in [0.05, 0.1) is 12.4 Å². The first-order chi connectivity index (χ1) is 13.1. The molecule has 3 heterocycles. The van der Waals surface area contributed by atoms with E-state index in [1.54, 1.807) is 24.5 Å². The van der Waals surface area contributed by atoms with Crippen LogP contribution in [0, 0.1) is 5.82 Å². The fraction of sp³-hybridized carbons (Fsp3) is 0.316. The van der Waals surface area contributed by atoms with Crippen molar-refractivity contribution < 1.29 is 14.3 Å². The van der Waals surface area contributed by atoms with E-state index in [9.17, 15) is 14.3 Å². The van der Waals surface area contributed by atoms with Crippen molar-refractivity contribution in [1.29, 1.82) is 0 Å². The summed E-state index contributed by atoms with van der Waals surface area (Å²) in [5.74, 6) is -1.01. The number of carbonyl (C=O) groups is 1. The van der Waals surface area contributed by atoms with E-state index in [2.05, 4.69) is 25.3 Å². The van der Waals surface area contributed by atoms with E-state index in [0.717, 1.165) is 42.8 Å². The number of benzene rings is 1. The molecule has 1 aliphatic heterocycles. The van der Waals surface area contributed by atoms with Crippen molar-refractivity contribution in [2.24, 2.45) is 0 Å². The minimum Gasteiger partial charge on any atom is -0.477 e. The van der Waals surface area contributed by atoms with E-state index >= 15 is 0 Å². The molecule has 140 valence electrons. The van der Waals surface area contributed by atoms with E-state index in [-0.39, 0.29) is 17.4 Å². The van der Waals surface area contributed by atoms with E-state index in [0.29, 0.717) is 12.1 Å². The molecule has 1 fully saturated rings. The highest BCUT2D eigenvalue weighted by molar-refractivity contribution is 5.86. The van der Waals surface area contributed by atoms with Crippen molar-refractivity contribution in [1.82, 2.24) is 25.3 Å². The summed E-state index contributed by atoms with van der Waals surface area (Å²) < 4.78 is 13.2. The largest absolute Gasteiger partial charge is 0.477 e. The van der Waals surface area contributed by atoms with Gasteiger partial charge in [-0.15, -0.1) is 0 Å². The monoisotopic (exact) mass is 369 g/mol. The first-order valence-corrected chi connectivity index (χ1v) is 8.89. The molecule has 0 spiro atoms. The van der Waals surface area contributed by atoms with Gasteiger partial charge in [-0.1, -0.05) is 12.1 Å². The summed E-state index contributed by atoms with van der Waals surface area (Å²) in [6, 6.07) is 6.42. The number of aromatic carboxylic acids is 1. The van der Waals surface area contributed by atoms with E-state index in [4.69, 9.17) is 0 Å². The second kappa shape index (κ2) is 7.32. The van der Waals surface area contributed by atoms with E-state index < -0.39 is 5.97 Å². The summed E-state index contributed by atoms with van der Waals surface area (Å²) in [5, 5.41) is 23.0. The number of rotatable bonds is 5. The fourth-order valence-corrected chi connectivity index (χ4v) is 3.76. The van der Waals surface area contributed by atoms with Gasteiger partial charge in [0.25, 0.3) is 0 Å². The van der Waals surface area contributed by atoms with Crippen LogP contribution in [0.3, 0.4) is 0 Å². The number of piperidine rings is 1. The third-order valence-electron chi connectivity index (χ3n) is 5.06. The number of aromatic nitrogens is 4. The van der Waals surface area contributed by atoms with Crippen LogP contribution in [0.15, 0.2) is 36.7 Å². The predicted molar refractivity (Wildman–Crippen MR) is 96.8 cm³/mol. The smallest absolute Gasteiger partial charge is 0.354 e. The Morgan fingerprint density at radius 1 is 1.22 bits per heavy atom. The summed E-state index contributed by atoms with van der Waals surface area (Å²) in [5.41, 5.74) is 3.78. The SMILES string of the molecule is O=C(O)c1[nH]ncc1CN1CCCC(c2[nH]ncc2-c2ccc(F)cc2)C1. The quantitative estimate of drug-likeness (QED) is 0.642. The molecule has 0 amide bonds. The Morgan fingerprint density at radius 3 is 2.78 bits per heavy atom. The molecule has 3 aromatic rings. The molecule has 1 aromatic carbocycles. The van der Waals surface area contributed by atoms with Gasteiger partial charge in [0, 0.05) is 35.8 Å². The molecule has 3 N–H and O–H groups in total. The molecule has 0 saturated carbocycles. The average Bonchev–Trinajstić information content (AvgIpc) is 3.32. The third-order valence-corrected chi connectivity index (χ3v) is 5.06. The lowest BCUT2D eigenvalue weighted by Gasteiger charge is -2.32. The van der Waals surface area contributed by atoms with Gasteiger partial charge in [-0.3, -0.25) is 15.1 Å². The number of aromatic amines is 2. The van der Waals surface area contributed by atoms with Gasteiger partial charge >= 0.3 is 5.97 Å². The zero-order valence-corrected chi connectivity index (χ0v) is 14.7. The summed E-state index contributed by atoms with van der Waals surface area (Å²) >= 11 is 0. The van der Waals surface area contributed by atoms with Crippen molar-refractivity contribution in [3.63, 3.8) is 0 Å². The molecule has 1 aliphatic rings. The topological polar surface area (TPSA) is 97.9 Å². The fourth-order valence-electron chi connectivity index (χ4n) is 3.76. The molecule has 8 heteroatoms. The van der Waals surface area contributed by atoms with Crippen molar-refractivity contribution >= 4 is 5.97 Å². The normalized spacial score (nSPS) is 17.9. The summed E-state index contributed by atoms with van der Waals surface area (Å²) in [7, 11) is 0. The Hall–Kier alpha value is -3.00. The van der Waals surface area contributed by atoms with Crippen LogP contribution < -0.4 is 0 Å². The van der Waals surface area contributed by atoms with Crippen LogP contribution in [-0.4, -0.2) is 49.5 Å². The van der Waals surface area contributed by atoms with Gasteiger partial charge in [-0.05, 0) is 37.1 Å². The van der Waals surface area contributed by atoms with Crippen molar-refractivity contribution in [3.05, 3.63) is 59.4 Å². The van der Waals surface area contributed by atoms with Crippen LogP contribution in [-0.2, 0) is 6.54 Å². The number of carboxylic acid groups (broad SMARTS) is 1. The molecule has 1 atom stereocenters. The minimum atomic E-state index is -0.997. The van der Waals surface area contributed by atoms with E-state index in [1.807, 2.05) is 0 Å². The molecule has 4 rings (SSSR count). The van der Waals surface area contributed by atoms with Crippen LogP contribution in [0.5, 0.6) is 0 Å². The molecule has 7 nitrogen and oxygen atoms in total. The molecule has 1 saturated heterocycles. The third kappa shape index (κ3) is 3.61. The van der Waals surface area contributed by atoms with Gasteiger partial charge < -0.3 is 5.11 Å². The molecular weight excluding hydrogens is 349 g/mol. The molecule has 0 radical (unpaired) electrons. The highest BCUT2D eigenvalue weighted by Crippen LogP contribution is 2.33. The second-order valence-electron chi connectivity index (χ2n) is 6.85. The highest BCUT2D eigenvalue weighted by atomic mass is 19.1. The predicted octanol–water partition coefficient (Wildman–Crippen LogP) is 3.02.